The first-order valence-corrected chi connectivity index (χ1v) is 7.33. The summed E-state index contributed by atoms with van der Waals surface area (Å²) in [7, 11) is -3.44. The standard InChI is InChI=1S/C12H20N2O2S/c1-3-10-5-7-12(8-6-10)17(15,16)14-11(4-2)9-13/h5-8,11,14H,3-4,9,13H2,1-2H3. The third-order valence-electron chi connectivity index (χ3n) is 2.74. The molecule has 0 aliphatic rings. The molecule has 0 aromatic heterocycles. The fraction of sp³-hybridized carbons (Fsp3) is 0.500. The highest BCUT2D eigenvalue weighted by Gasteiger charge is 2.17. The first-order chi connectivity index (χ1) is 8.03. The van der Waals surface area contributed by atoms with Crippen molar-refractivity contribution in [2.45, 2.75) is 37.6 Å². The summed E-state index contributed by atoms with van der Waals surface area (Å²) in [4.78, 5) is 0.293. The molecule has 0 aliphatic carbocycles. The molecule has 1 rings (SSSR count). The van der Waals surface area contributed by atoms with Gasteiger partial charge in [-0.2, -0.15) is 0 Å². The zero-order chi connectivity index (χ0) is 12.9. The summed E-state index contributed by atoms with van der Waals surface area (Å²) in [6, 6.07) is 6.72. The number of benzene rings is 1. The second kappa shape index (κ2) is 6.14. The van der Waals surface area contributed by atoms with Gasteiger partial charge in [-0.15, -0.1) is 0 Å². The Morgan fingerprint density at radius 1 is 1.24 bits per heavy atom. The van der Waals surface area contributed by atoms with Crippen molar-refractivity contribution in [1.82, 2.24) is 4.72 Å². The summed E-state index contributed by atoms with van der Waals surface area (Å²) in [6.07, 6.45) is 1.58. The van der Waals surface area contributed by atoms with Gasteiger partial charge in [-0.25, -0.2) is 13.1 Å². The Hall–Kier alpha value is -0.910. The average molecular weight is 256 g/mol. The third kappa shape index (κ3) is 3.80. The molecule has 17 heavy (non-hydrogen) atoms. The SMILES string of the molecule is CCc1ccc(S(=O)(=O)NC(CC)CN)cc1. The molecule has 1 aromatic carbocycles. The van der Waals surface area contributed by atoms with Gasteiger partial charge in [0.2, 0.25) is 10.0 Å². The van der Waals surface area contributed by atoms with Gasteiger partial charge in [0.1, 0.15) is 0 Å². The minimum atomic E-state index is -3.44. The Morgan fingerprint density at radius 2 is 1.82 bits per heavy atom. The Kier molecular flexibility index (Phi) is 5.11. The number of hydrogen-bond donors (Lipinski definition) is 2. The van der Waals surface area contributed by atoms with E-state index in [9.17, 15) is 8.42 Å². The minimum Gasteiger partial charge on any atom is -0.329 e. The van der Waals surface area contributed by atoms with Crippen molar-refractivity contribution in [1.29, 1.82) is 0 Å². The van der Waals surface area contributed by atoms with Crippen molar-refractivity contribution in [2.24, 2.45) is 5.73 Å². The second-order valence-corrected chi connectivity index (χ2v) is 5.67. The summed E-state index contributed by atoms with van der Waals surface area (Å²) >= 11 is 0. The van der Waals surface area contributed by atoms with Gasteiger partial charge in [0.05, 0.1) is 4.90 Å². The lowest BCUT2D eigenvalue weighted by atomic mass is 10.2. The van der Waals surface area contributed by atoms with Crippen LogP contribution < -0.4 is 10.5 Å². The van der Waals surface area contributed by atoms with Crippen LogP contribution in [0, 0.1) is 0 Å². The van der Waals surface area contributed by atoms with Crippen molar-refractivity contribution in [2.75, 3.05) is 6.54 Å². The monoisotopic (exact) mass is 256 g/mol. The van der Waals surface area contributed by atoms with Gasteiger partial charge in [0.25, 0.3) is 0 Å². The van der Waals surface area contributed by atoms with Gasteiger partial charge in [0.15, 0.2) is 0 Å². The Balaban J connectivity index is 2.89. The van der Waals surface area contributed by atoms with Crippen LogP contribution in [0.3, 0.4) is 0 Å². The van der Waals surface area contributed by atoms with E-state index in [0.717, 1.165) is 12.0 Å². The molecular formula is C12H20N2O2S. The van der Waals surface area contributed by atoms with Crippen LogP contribution in [0.4, 0.5) is 0 Å². The maximum atomic E-state index is 12.0. The van der Waals surface area contributed by atoms with Crippen LogP contribution in [-0.4, -0.2) is 21.0 Å². The van der Waals surface area contributed by atoms with E-state index in [0.29, 0.717) is 17.9 Å². The summed E-state index contributed by atoms with van der Waals surface area (Å²) < 4.78 is 26.6. The van der Waals surface area contributed by atoms with Crippen LogP contribution in [0.5, 0.6) is 0 Å². The molecule has 0 saturated heterocycles. The van der Waals surface area contributed by atoms with Crippen LogP contribution in [0.2, 0.25) is 0 Å². The van der Waals surface area contributed by atoms with Crippen molar-refractivity contribution in [3.63, 3.8) is 0 Å². The topological polar surface area (TPSA) is 72.2 Å². The van der Waals surface area contributed by atoms with E-state index in [1.165, 1.54) is 0 Å². The molecule has 0 radical (unpaired) electrons. The molecule has 0 fully saturated rings. The normalized spacial score (nSPS) is 13.6. The van der Waals surface area contributed by atoms with E-state index in [1.807, 2.05) is 26.0 Å². The van der Waals surface area contributed by atoms with Crippen molar-refractivity contribution in [3.8, 4) is 0 Å². The number of aryl methyl sites for hydroxylation is 1. The van der Waals surface area contributed by atoms with Gasteiger partial charge in [0, 0.05) is 12.6 Å². The summed E-state index contributed by atoms with van der Waals surface area (Å²) in [6.45, 7) is 4.24. The van der Waals surface area contributed by atoms with Crippen LogP contribution in [-0.2, 0) is 16.4 Å². The zero-order valence-electron chi connectivity index (χ0n) is 10.3. The van der Waals surface area contributed by atoms with E-state index in [4.69, 9.17) is 5.73 Å². The molecule has 0 amide bonds. The highest BCUT2D eigenvalue weighted by Crippen LogP contribution is 2.11. The lowest BCUT2D eigenvalue weighted by Gasteiger charge is -2.14. The van der Waals surface area contributed by atoms with Gasteiger partial charge in [-0.1, -0.05) is 26.0 Å². The number of sulfonamides is 1. The molecule has 5 heteroatoms. The van der Waals surface area contributed by atoms with Crippen LogP contribution in [0.25, 0.3) is 0 Å². The van der Waals surface area contributed by atoms with Gasteiger partial charge < -0.3 is 5.73 Å². The van der Waals surface area contributed by atoms with Crippen molar-refractivity contribution in [3.05, 3.63) is 29.8 Å². The molecule has 0 aliphatic heterocycles. The van der Waals surface area contributed by atoms with E-state index in [1.54, 1.807) is 12.1 Å². The van der Waals surface area contributed by atoms with E-state index >= 15 is 0 Å². The molecular weight excluding hydrogens is 236 g/mol. The Bertz CT molecular complexity index is 436. The molecule has 3 N–H and O–H groups in total. The van der Waals surface area contributed by atoms with Crippen LogP contribution >= 0.6 is 0 Å². The first kappa shape index (κ1) is 14.2. The van der Waals surface area contributed by atoms with Gasteiger partial charge in [-0.3, -0.25) is 0 Å². The lowest BCUT2D eigenvalue weighted by Crippen LogP contribution is -2.39. The molecule has 4 nitrogen and oxygen atoms in total. The fourth-order valence-corrected chi connectivity index (χ4v) is 2.82. The van der Waals surface area contributed by atoms with E-state index in [2.05, 4.69) is 4.72 Å². The highest BCUT2D eigenvalue weighted by atomic mass is 32.2. The van der Waals surface area contributed by atoms with E-state index in [-0.39, 0.29) is 6.04 Å². The molecule has 1 aromatic rings. The molecule has 0 spiro atoms. The number of rotatable bonds is 6. The molecule has 1 unspecified atom stereocenters. The number of hydrogen-bond acceptors (Lipinski definition) is 3. The number of nitrogens with two attached hydrogens (primary N) is 1. The molecule has 0 bridgehead atoms. The maximum Gasteiger partial charge on any atom is 0.240 e. The zero-order valence-corrected chi connectivity index (χ0v) is 11.1. The largest absolute Gasteiger partial charge is 0.329 e. The van der Waals surface area contributed by atoms with Crippen LogP contribution in [0.1, 0.15) is 25.8 Å². The predicted molar refractivity (Wildman–Crippen MR) is 69.3 cm³/mol. The summed E-state index contributed by atoms with van der Waals surface area (Å²) in [5.74, 6) is 0. The summed E-state index contributed by atoms with van der Waals surface area (Å²) in [5, 5.41) is 0. The first-order valence-electron chi connectivity index (χ1n) is 5.84. The highest BCUT2D eigenvalue weighted by molar-refractivity contribution is 7.89. The second-order valence-electron chi connectivity index (χ2n) is 3.96. The maximum absolute atomic E-state index is 12.0. The smallest absolute Gasteiger partial charge is 0.240 e. The molecule has 1 atom stereocenters. The van der Waals surface area contributed by atoms with Gasteiger partial charge in [-0.05, 0) is 30.5 Å². The predicted octanol–water partition coefficient (Wildman–Crippen LogP) is 1.26. The van der Waals surface area contributed by atoms with Crippen molar-refractivity contribution < 1.29 is 8.42 Å². The van der Waals surface area contributed by atoms with Crippen LogP contribution in [0.15, 0.2) is 29.2 Å². The van der Waals surface area contributed by atoms with Gasteiger partial charge >= 0.3 is 0 Å². The molecule has 0 heterocycles. The van der Waals surface area contributed by atoms with Crippen molar-refractivity contribution >= 4 is 10.0 Å². The minimum absolute atomic E-state index is 0.203. The average Bonchev–Trinajstić information content (AvgIpc) is 2.36. The number of nitrogens with one attached hydrogen (secondary N) is 1. The Labute approximate surface area is 103 Å². The molecule has 96 valence electrons. The quantitative estimate of drug-likeness (QED) is 0.805. The fourth-order valence-electron chi connectivity index (χ4n) is 1.49. The molecule has 0 saturated carbocycles. The lowest BCUT2D eigenvalue weighted by molar-refractivity contribution is 0.542. The Morgan fingerprint density at radius 3 is 2.24 bits per heavy atom. The van der Waals surface area contributed by atoms with E-state index < -0.39 is 10.0 Å². The summed E-state index contributed by atoms with van der Waals surface area (Å²) in [5.41, 5.74) is 6.61. The third-order valence-corrected chi connectivity index (χ3v) is 4.28.